The van der Waals surface area contributed by atoms with E-state index in [4.69, 9.17) is 0 Å². The fraction of sp³-hybridized carbons (Fsp3) is 0.316. The van der Waals surface area contributed by atoms with Crippen LogP contribution in [0.2, 0.25) is 0 Å². The molecule has 0 saturated heterocycles. The molecule has 0 fully saturated rings. The Balaban J connectivity index is 2.47. The third-order valence-corrected chi connectivity index (χ3v) is 4.07. The molecule has 110 valence electrons. The average molecular weight is 281 g/mol. The normalized spacial score (nSPS) is 12.0. The Labute approximate surface area is 127 Å². The monoisotopic (exact) mass is 281 g/mol. The van der Waals surface area contributed by atoms with Crippen LogP contribution in [0.1, 0.15) is 38.3 Å². The number of carbonyl (C=O) groups is 1. The van der Waals surface area contributed by atoms with Gasteiger partial charge in [-0.05, 0) is 31.4 Å². The largest absolute Gasteiger partial charge is 0.354 e. The maximum atomic E-state index is 10.9. The summed E-state index contributed by atoms with van der Waals surface area (Å²) in [6, 6.07) is 21.0. The molecule has 0 unspecified atom stereocenters. The molecular weight excluding hydrogens is 258 g/mol. The van der Waals surface area contributed by atoms with Crippen molar-refractivity contribution in [2.45, 2.75) is 38.1 Å². The SMILES string of the molecule is CC(C)(CC(C)(c1ccccc1)c1ccccc1)NC=O. The molecular formula is C19H23NO. The van der Waals surface area contributed by atoms with Crippen LogP contribution in [0.25, 0.3) is 0 Å². The Bertz CT molecular complexity index is 536. The maximum Gasteiger partial charge on any atom is 0.207 e. The van der Waals surface area contributed by atoms with Crippen molar-refractivity contribution in [2.75, 3.05) is 0 Å². The predicted molar refractivity (Wildman–Crippen MR) is 87.2 cm³/mol. The second kappa shape index (κ2) is 6.13. The van der Waals surface area contributed by atoms with Crippen molar-refractivity contribution in [3.63, 3.8) is 0 Å². The smallest absolute Gasteiger partial charge is 0.207 e. The van der Waals surface area contributed by atoms with Gasteiger partial charge in [0, 0.05) is 11.0 Å². The van der Waals surface area contributed by atoms with Crippen LogP contribution >= 0.6 is 0 Å². The first-order valence-corrected chi connectivity index (χ1v) is 7.30. The highest BCUT2D eigenvalue weighted by Gasteiger charge is 2.35. The zero-order valence-corrected chi connectivity index (χ0v) is 13.0. The molecule has 0 radical (unpaired) electrons. The summed E-state index contributed by atoms with van der Waals surface area (Å²) in [6.07, 6.45) is 1.61. The van der Waals surface area contributed by atoms with E-state index in [1.807, 2.05) is 12.1 Å². The van der Waals surface area contributed by atoms with Crippen molar-refractivity contribution in [3.05, 3.63) is 71.8 Å². The van der Waals surface area contributed by atoms with Gasteiger partial charge in [0.1, 0.15) is 0 Å². The summed E-state index contributed by atoms with van der Waals surface area (Å²) >= 11 is 0. The molecule has 0 spiro atoms. The predicted octanol–water partition coefficient (Wildman–Crippen LogP) is 3.91. The standard InChI is InChI=1S/C19H23NO/c1-18(2,20-15-21)14-19(3,16-10-6-4-7-11-16)17-12-8-5-9-13-17/h4-13,15H,14H2,1-3H3,(H,20,21). The minimum atomic E-state index is -0.276. The molecule has 2 rings (SSSR count). The van der Waals surface area contributed by atoms with Crippen LogP contribution in [0.5, 0.6) is 0 Å². The zero-order valence-electron chi connectivity index (χ0n) is 13.0. The highest BCUT2D eigenvalue weighted by Crippen LogP contribution is 2.38. The lowest BCUT2D eigenvalue weighted by atomic mass is 9.69. The van der Waals surface area contributed by atoms with E-state index in [9.17, 15) is 4.79 Å². The second-order valence-corrected chi connectivity index (χ2v) is 6.39. The summed E-state index contributed by atoms with van der Waals surface area (Å²) in [5, 5.41) is 2.94. The van der Waals surface area contributed by atoms with Crippen molar-refractivity contribution < 1.29 is 4.79 Å². The van der Waals surface area contributed by atoms with Crippen LogP contribution in [0.4, 0.5) is 0 Å². The van der Waals surface area contributed by atoms with E-state index in [1.54, 1.807) is 0 Å². The number of amides is 1. The van der Waals surface area contributed by atoms with Gasteiger partial charge in [0.05, 0.1) is 0 Å². The third kappa shape index (κ3) is 3.52. The van der Waals surface area contributed by atoms with Gasteiger partial charge in [-0.25, -0.2) is 0 Å². The summed E-state index contributed by atoms with van der Waals surface area (Å²) in [7, 11) is 0. The quantitative estimate of drug-likeness (QED) is 0.799. The molecule has 0 aliphatic carbocycles. The van der Waals surface area contributed by atoms with Gasteiger partial charge in [-0.15, -0.1) is 0 Å². The molecule has 2 heteroatoms. The van der Waals surface area contributed by atoms with Crippen LogP contribution in [0, 0.1) is 0 Å². The van der Waals surface area contributed by atoms with E-state index in [-0.39, 0.29) is 11.0 Å². The lowest BCUT2D eigenvalue weighted by Crippen LogP contribution is -2.44. The molecule has 1 amide bonds. The molecule has 1 N–H and O–H groups in total. The minimum absolute atomic E-state index is 0.151. The Morgan fingerprint density at radius 3 is 1.67 bits per heavy atom. The van der Waals surface area contributed by atoms with Gasteiger partial charge in [-0.2, -0.15) is 0 Å². The summed E-state index contributed by atoms with van der Waals surface area (Å²) in [5.74, 6) is 0. The summed E-state index contributed by atoms with van der Waals surface area (Å²) in [4.78, 5) is 10.9. The number of nitrogens with one attached hydrogen (secondary N) is 1. The van der Waals surface area contributed by atoms with Crippen molar-refractivity contribution >= 4 is 6.41 Å². The van der Waals surface area contributed by atoms with Crippen LogP contribution < -0.4 is 5.32 Å². The molecule has 0 saturated carbocycles. The van der Waals surface area contributed by atoms with Gasteiger partial charge >= 0.3 is 0 Å². The average Bonchev–Trinajstić information content (AvgIpc) is 2.48. The van der Waals surface area contributed by atoms with Crippen LogP contribution in [0.3, 0.4) is 0 Å². The van der Waals surface area contributed by atoms with E-state index in [0.717, 1.165) is 12.8 Å². The van der Waals surface area contributed by atoms with E-state index < -0.39 is 0 Å². The molecule has 0 bridgehead atoms. The fourth-order valence-electron chi connectivity index (χ4n) is 3.08. The minimum Gasteiger partial charge on any atom is -0.354 e. The lowest BCUT2D eigenvalue weighted by Gasteiger charge is -2.38. The molecule has 0 heterocycles. The van der Waals surface area contributed by atoms with E-state index in [2.05, 4.69) is 74.6 Å². The first-order chi connectivity index (χ1) is 9.98. The van der Waals surface area contributed by atoms with Crippen molar-refractivity contribution in [1.29, 1.82) is 0 Å². The van der Waals surface area contributed by atoms with Crippen molar-refractivity contribution in [2.24, 2.45) is 0 Å². The van der Waals surface area contributed by atoms with E-state index >= 15 is 0 Å². The van der Waals surface area contributed by atoms with Gasteiger partial charge in [-0.3, -0.25) is 4.79 Å². The number of carbonyl (C=O) groups excluding carboxylic acids is 1. The van der Waals surface area contributed by atoms with E-state index in [0.29, 0.717) is 0 Å². The molecule has 0 aliphatic heterocycles. The lowest BCUT2D eigenvalue weighted by molar-refractivity contribution is -0.111. The third-order valence-electron chi connectivity index (χ3n) is 4.07. The van der Waals surface area contributed by atoms with Crippen LogP contribution in [0.15, 0.2) is 60.7 Å². The molecule has 0 aromatic heterocycles. The van der Waals surface area contributed by atoms with Crippen molar-refractivity contribution in [3.8, 4) is 0 Å². The fourth-order valence-corrected chi connectivity index (χ4v) is 3.08. The highest BCUT2D eigenvalue weighted by atomic mass is 16.1. The molecule has 0 aliphatic rings. The van der Waals surface area contributed by atoms with Gasteiger partial charge in [0.25, 0.3) is 0 Å². The Kier molecular flexibility index (Phi) is 4.46. The highest BCUT2D eigenvalue weighted by molar-refractivity contribution is 5.48. The van der Waals surface area contributed by atoms with E-state index in [1.165, 1.54) is 11.1 Å². The maximum absolute atomic E-state index is 10.9. The topological polar surface area (TPSA) is 29.1 Å². The molecule has 2 aromatic carbocycles. The number of benzene rings is 2. The summed E-state index contributed by atoms with van der Waals surface area (Å²) in [6.45, 7) is 6.36. The summed E-state index contributed by atoms with van der Waals surface area (Å²) < 4.78 is 0. The van der Waals surface area contributed by atoms with Crippen molar-refractivity contribution in [1.82, 2.24) is 5.32 Å². The first kappa shape index (κ1) is 15.3. The Morgan fingerprint density at radius 1 is 0.857 bits per heavy atom. The molecule has 21 heavy (non-hydrogen) atoms. The van der Waals surface area contributed by atoms with Crippen LogP contribution in [-0.2, 0) is 10.2 Å². The zero-order chi connectivity index (χ0) is 15.3. The first-order valence-electron chi connectivity index (χ1n) is 7.30. The number of rotatable bonds is 6. The van der Waals surface area contributed by atoms with Crippen LogP contribution in [-0.4, -0.2) is 11.9 Å². The Hall–Kier alpha value is -2.09. The number of hydrogen-bond acceptors (Lipinski definition) is 1. The second-order valence-electron chi connectivity index (χ2n) is 6.39. The Morgan fingerprint density at radius 2 is 1.29 bits per heavy atom. The molecule has 2 aromatic rings. The molecule has 0 atom stereocenters. The van der Waals surface area contributed by atoms with Gasteiger partial charge in [-0.1, -0.05) is 67.6 Å². The molecule has 2 nitrogen and oxygen atoms in total. The number of hydrogen-bond donors (Lipinski definition) is 1. The summed E-state index contributed by atoms with van der Waals surface area (Å²) in [5.41, 5.74) is 2.10. The van der Waals surface area contributed by atoms with Gasteiger partial charge < -0.3 is 5.32 Å². The van der Waals surface area contributed by atoms with Gasteiger partial charge in [0.2, 0.25) is 6.41 Å². The van der Waals surface area contributed by atoms with Gasteiger partial charge in [0.15, 0.2) is 0 Å².